The average Bonchev–Trinajstić information content (AvgIpc) is 2.37. The normalized spacial score (nSPS) is 9.24. The minimum Gasteiger partial charge on any atom is -0.462 e. The number of hydrogen-bond acceptors (Lipinski definition) is 4. The monoisotopic (exact) mass is 232 g/mol. The van der Waals surface area contributed by atoms with Crippen molar-refractivity contribution in [3.05, 3.63) is 35.4 Å². The number of carbonyl (C=O) groups is 2. The number of ether oxygens (including phenoxy) is 1. The van der Waals surface area contributed by atoms with Crippen LogP contribution in [0.3, 0.4) is 0 Å². The lowest BCUT2D eigenvalue weighted by Crippen LogP contribution is -2.33. The molecule has 0 saturated heterocycles. The minimum atomic E-state index is -0.899. The lowest BCUT2D eigenvalue weighted by Gasteiger charge is -2.15. The van der Waals surface area contributed by atoms with Gasteiger partial charge in [0, 0.05) is 13.6 Å². The fourth-order valence-electron chi connectivity index (χ4n) is 1.33. The van der Waals surface area contributed by atoms with Crippen LogP contribution in [0.5, 0.6) is 0 Å². The molecule has 1 aromatic rings. The van der Waals surface area contributed by atoms with Crippen LogP contribution in [0.1, 0.15) is 11.1 Å². The quantitative estimate of drug-likeness (QED) is 0.555. The number of likely N-dealkylation sites (N-methyl/N-ethyl adjacent to an activating group) is 1. The van der Waals surface area contributed by atoms with Crippen molar-refractivity contribution in [3.8, 4) is 6.07 Å². The molecule has 88 valence electrons. The SMILES string of the molecule is COC(=O)C(=O)N(C)Cc1cccc(C#N)c1. The van der Waals surface area contributed by atoms with Crippen molar-refractivity contribution < 1.29 is 14.3 Å². The number of amides is 1. The molecule has 0 N–H and O–H groups in total. The number of carbonyl (C=O) groups excluding carboxylic acids is 2. The van der Waals surface area contributed by atoms with E-state index in [-0.39, 0.29) is 6.54 Å². The highest BCUT2D eigenvalue weighted by Crippen LogP contribution is 2.07. The Bertz CT molecular complexity index is 477. The molecule has 0 saturated carbocycles. The number of hydrogen-bond donors (Lipinski definition) is 0. The van der Waals surface area contributed by atoms with Gasteiger partial charge in [-0.2, -0.15) is 5.26 Å². The van der Waals surface area contributed by atoms with Crippen molar-refractivity contribution in [2.24, 2.45) is 0 Å². The maximum absolute atomic E-state index is 11.4. The highest BCUT2D eigenvalue weighted by Gasteiger charge is 2.18. The summed E-state index contributed by atoms with van der Waals surface area (Å²) in [6.07, 6.45) is 0. The van der Waals surface area contributed by atoms with Gasteiger partial charge in [-0.15, -0.1) is 0 Å². The van der Waals surface area contributed by atoms with Crippen molar-refractivity contribution in [1.29, 1.82) is 5.26 Å². The highest BCUT2D eigenvalue weighted by molar-refractivity contribution is 6.32. The van der Waals surface area contributed by atoms with Crippen molar-refractivity contribution in [1.82, 2.24) is 4.90 Å². The lowest BCUT2D eigenvalue weighted by molar-refractivity contribution is -0.157. The molecule has 5 heteroatoms. The molecule has 0 atom stereocenters. The summed E-state index contributed by atoms with van der Waals surface area (Å²) in [5, 5.41) is 8.73. The van der Waals surface area contributed by atoms with Crippen LogP contribution < -0.4 is 0 Å². The van der Waals surface area contributed by atoms with Gasteiger partial charge in [-0.1, -0.05) is 12.1 Å². The number of benzene rings is 1. The molecule has 1 rings (SSSR count). The Morgan fingerprint density at radius 2 is 2.18 bits per heavy atom. The second kappa shape index (κ2) is 5.66. The van der Waals surface area contributed by atoms with Gasteiger partial charge in [0.1, 0.15) is 0 Å². The molecular weight excluding hydrogens is 220 g/mol. The molecule has 17 heavy (non-hydrogen) atoms. The minimum absolute atomic E-state index is 0.253. The zero-order valence-electron chi connectivity index (χ0n) is 9.64. The summed E-state index contributed by atoms with van der Waals surface area (Å²) in [5.74, 6) is -1.61. The van der Waals surface area contributed by atoms with Crippen molar-refractivity contribution in [2.45, 2.75) is 6.54 Å². The second-order valence-corrected chi connectivity index (χ2v) is 3.46. The predicted molar refractivity (Wildman–Crippen MR) is 59.6 cm³/mol. The van der Waals surface area contributed by atoms with Crippen LogP contribution in [0.4, 0.5) is 0 Å². The van der Waals surface area contributed by atoms with Crippen LogP contribution in [-0.2, 0) is 20.9 Å². The number of esters is 1. The number of nitriles is 1. The van der Waals surface area contributed by atoms with Crippen LogP contribution in [0.15, 0.2) is 24.3 Å². The molecule has 0 aliphatic heterocycles. The lowest BCUT2D eigenvalue weighted by atomic mass is 10.1. The maximum Gasteiger partial charge on any atom is 0.396 e. The summed E-state index contributed by atoms with van der Waals surface area (Å²) < 4.78 is 4.33. The average molecular weight is 232 g/mol. The molecule has 0 heterocycles. The molecule has 0 radical (unpaired) electrons. The maximum atomic E-state index is 11.4. The van der Waals surface area contributed by atoms with Crippen LogP contribution in [-0.4, -0.2) is 30.9 Å². The Kier molecular flexibility index (Phi) is 4.23. The van der Waals surface area contributed by atoms with E-state index in [9.17, 15) is 9.59 Å². The molecule has 0 spiro atoms. The van der Waals surface area contributed by atoms with Gasteiger partial charge in [0.2, 0.25) is 0 Å². The van der Waals surface area contributed by atoms with E-state index in [2.05, 4.69) is 4.74 Å². The first-order chi connectivity index (χ1) is 8.08. The molecule has 0 unspecified atom stereocenters. The fourth-order valence-corrected chi connectivity index (χ4v) is 1.33. The van der Waals surface area contributed by atoms with Gasteiger partial charge in [-0.05, 0) is 17.7 Å². The van der Waals surface area contributed by atoms with E-state index in [0.29, 0.717) is 5.56 Å². The van der Waals surface area contributed by atoms with Gasteiger partial charge >= 0.3 is 11.9 Å². The zero-order chi connectivity index (χ0) is 12.8. The van der Waals surface area contributed by atoms with E-state index in [0.717, 1.165) is 12.7 Å². The Labute approximate surface area is 99.2 Å². The number of methoxy groups -OCH3 is 1. The first kappa shape index (κ1) is 12.7. The summed E-state index contributed by atoms with van der Waals surface area (Å²) in [6, 6.07) is 8.85. The highest BCUT2D eigenvalue weighted by atomic mass is 16.5. The van der Waals surface area contributed by atoms with Gasteiger partial charge in [-0.3, -0.25) is 4.79 Å². The third kappa shape index (κ3) is 3.31. The van der Waals surface area contributed by atoms with E-state index < -0.39 is 11.9 Å². The Morgan fingerprint density at radius 1 is 1.47 bits per heavy atom. The first-order valence-corrected chi connectivity index (χ1v) is 4.91. The molecule has 1 amide bonds. The molecule has 0 bridgehead atoms. The Hall–Kier alpha value is -2.35. The molecular formula is C12H12N2O3. The number of rotatable bonds is 2. The van der Waals surface area contributed by atoms with E-state index in [1.54, 1.807) is 24.3 Å². The largest absolute Gasteiger partial charge is 0.462 e. The standard InChI is InChI=1S/C12H12N2O3/c1-14(11(15)12(16)17-2)8-10-5-3-4-9(6-10)7-13/h3-6H,8H2,1-2H3. The van der Waals surface area contributed by atoms with Crippen LogP contribution in [0.25, 0.3) is 0 Å². The van der Waals surface area contributed by atoms with Crippen LogP contribution in [0, 0.1) is 11.3 Å². The van der Waals surface area contributed by atoms with E-state index in [1.807, 2.05) is 6.07 Å². The van der Waals surface area contributed by atoms with Gasteiger partial charge in [0.05, 0.1) is 18.7 Å². The molecule has 1 aromatic carbocycles. The topological polar surface area (TPSA) is 70.4 Å². The van der Waals surface area contributed by atoms with E-state index in [1.165, 1.54) is 11.9 Å². The van der Waals surface area contributed by atoms with E-state index in [4.69, 9.17) is 5.26 Å². The van der Waals surface area contributed by atoms with Crippen LogP contribution in [0.2, 0.25) is 0 Å². The predicted octanol–water partition coefficient (Wildman–Crippen LogP) is 0.690. The fraction of sp³-hybridized carbons (Fsp3) is 0.250. The first-order valence-electron chi connectivity index (χ1n) is 4.91. The molecule has 0 fully saturated rings. The molecule has 0 aliphatic rings. The summed E-state index contributed by atoms with van der Waals surface area (Å²) in [6.45, 7) is 0.253. The van der Waals surface area contributed by atoms with Crippen molar-refractivity contribution >= 4 is 11.9 Å². The third-order valence-corrected chi connectivity index (χ3v) is 2.18. The zero-order valence-corrected chi connectivity index (χ0v) is 9.64. The summed E-state index contributed by atoms with van der Waals surface area (Å²) in [4.78, 5) is 23.7. The molecule has 0 aromatic heterocycles. The van der Waals surface area contributed by atoms with Gasteiger partial charge in [0.15, 0.2) is 0 Å². The third-order valence-electron chi connectivity index (χ3n) is 2.18. The summed E-state index contributed by atoms with van der Waals surface area (Å²) in [5.41, 5.74) is 1.30. The van der Waals surface area contributed by atoms with Crippen molar-refractivity contribution in [3.63, 3.8) is 0 Å². The summed E-state index contributed by atoms with van der Waals surface area (Å²) in [7, 11) is 2.66. The molecule has 0 aliphatic carbocycles. The number of nitrogens with zero attached hydrogens (tertiary/aromatic N) is 2. The smallest absolute Gasteiger partial charge is 0.396 e. The van der Waals surface area contributed by atoms with Crippen LogP contribution >= 0.6 is 0 Å². The van der Waals surface area contributed by atoms with Gasteiger partial charge in [0.25, 0.3) is 0 Å². The van der Waals surface area contributed by atoms with Gasteiger partial charge in [-0.25, -0.2) is 4.79 Å². The van der Waals surface area contributed by atoms with E-state index >= 15 is 0 Å². The summed E-state index contributed by atoms with van der Waals surface area (Å²) >= 11 is 0. The van der Waals surface area contributed by atoms with Gasteiger partial charge < -0.3 is 9.64 Å². The Morgan fingerprint density at radius 3 is 2.76 bits per heavy atom. The second-order valence-electron chi connectivity index (χ2n) is 3.46. The van der Waals surface area contributed by atoms with Crippen molar-refractivity contribution in [2.75, 3.05) is 14.2 Å². The molecule has 5 nitrogen and oxygen atoms in total. The Balaban J connectivity index is 2.74.